The van der Waals surface area contributed by atoms with E-state index in [9.17, 15) is 14.4 Å². The number of carboxylic acid groups (broad SMARTS) is 3. The van der Waals surface area contributed by atoms with Gasteiger partial charge in [0.15, 0.2) is 6.10 Å². The van der Waals surface area contributed by atoms with Gasteiger partial charge in [-0.2, -0.15) is 0 Å². The number of aliphatic hydroxyl groups is 5. The van der Waals surface area contributed by atoms with Gasteiger partial charge in [-0.05, 0) is 20.3 Å². The molecule has 0 saturated carbocycles. The fraction of sp³-hybridized carbons (Fsp3) is 0.786. The lowest BCUT2D eigenvalue weighted by Crippen LogP contribution is -2.22. The number of hydrogen-bond acceptors (Lipinski definition) is 9. The Labute approximate surface area is 151 Å². The summed E-state index contributed by atoms with van der Waals surface area (Å²) in [5.41, 5.74) is 3.49. The molecule has 12 nitrogen and oxygen atoms in total. The first-order chi connectivity index (χ1) is 11.7. The van der Waals surface area contributed by atoms with Crippen LogP contribution in [0.3, 0.4) is 0 Å². The zero-order chi connectivity index (χ0) is 21.9. The Kier molecular flexibility index (Phi) is 23.9. The van der Waals surface area contributed by atoms with Crippen LogP contribution in [-0.2, 0) is 14.4 Å². The lowest BCUT2D eigenvalue weighted by atomic mass is 10.1. The van der Waals surface area contributed by atoms with Gasteiger partial charge < -0.3 is 46.6 Å². The molecule has 0 rings (SSSR count). The SMILES string of the molecule is CC(C)(O)CC(=O)O.CCC(O)C(=O)O.NCC(=O)O.OCC(O)CO. The highest BCUT2D eigenvalue weighted by molar-refractivity contribution is 5.71. The average Bonchev–Trinajstić information content (AvgIpc) is 2.52. The molecule has 0 aliphatic rings. The smallest absolute Gasteiger partial charge is 0.332 e. The molecule has 0 heterocycles. The van der Waals surface area contributed by atoms with E-state index in [4.69, 9.17) is 40.9 Å². The van der Waals surface area contributed by atoms with Crippen molar-refractivity contribution in [3.63, 3.8) is 0 Å². The molecule has 1 unspecified atom stereocenters. The topological polar surface area (TPSA) is 239 Å². The maximum absolute atomic E-state index is 9.85. The summed E-state index contributed by atoms with van der Waals surface area (Å²) in [5.74, 6) is -3.09. The van der Waals surface area contributed by atoms with Crippen LogP contribution in [0.2, 0.25) is 0 Å². The largest absolute Gasteiger partial charge is 0.481 e. The molecule has 0 aromatic heterocycles. The van der Waals surface area contributed by atoms with Crippen LogP contribution in [0.5, 0.6) is 0 Å². The summed E-state index contributed by atoms with van der Waals surface area (Å²) in [4.78, 5) is 28.8. The molecular weight excluding hydrogens is 358 g/mol. The molecule has 0 radical (unpaired) electrons. The van der Waals surface area contributed by atoms with Gasteiger partial charge in [-0.25, -0.2) is 4.79 Å². The molecular formula is C14H31NO11. The van der Waals surface area contributed by atoms with Gasteiger partial charge >= 0.3 is 17.9 Å². The first-order valence-corrected chi connectivity index (χ1v) is 7.35. The minimum atomic E-state index is -1.18. The van der Waals surface area contributed by atoms with Crippen molar-refractivity contribution in [3.8, 4) is 0 Å². The third-order valence-corrected chi connectivity index (χ3v) is 1.85. The molecule has 0 spiro atoms. The molecule has 12 heteroatoms. The van der Waals surface area contributed by atoms with Crippen LogP contribution in [0, 0.1) is 0 Å². The fourth-order valence-corrected chi connectivity index (χ4v) is 0.602. The van der Waals surface area contributed by atoms with E-state index < -0.39 is 35.7 Å². The molecule has 1 atom stereocenters. The highest BCUT2D eigenvalue weighted by atomic mass is 16.4. The summed E-state index contributed by atoms with van der Waals surface area (Å²) < 4.78 is 0. The Balaban J connectivity index is -0.000000126. The van der Waals surface area contributed by atoms with Crippen molar-refractivity contribution in [2.24, 2.45) is 5.73 Å². The predicted octanol–water partition coefficient (Wildman–Crippen LogP) is -2.56. The molecule has 0 amide bonds. The van der Waals surface area contributed by atoms with Crippen molar-refractivity contribution in [3.05, 3.63) is 0 Å². The summed E-state index contributed by atoms with van der Waals surface area (Å²) in [6.45, 7) is 3.52. The minimum Gasteiger partial charge on any atom is -0.481 e. The van der Waals surface area contributed by atoms with E-state index in [1.165, 1.54) is 13.8 Å². The van der Waals surface area contributed by atoms with Gasteiger partial charge in [0.1, 0.15) is 6.10 Å². The first kappa shape index (κ1) is 31.9. The predicted molar refractivity (Wildman–Crippen MR) is 89.4 cm³/mol. The molecule has 0 aliphatic carbocycles. The van der Waals surface area contributed by atoms with E-state index in [2.05, 4.69) is 5.73 Å². The lowest BCUT2D eigenvalue weighted by Gasteiger charge is -2.12. The normalized spacial score (nSPS) is 10.8. The van der Waals surface area contributed by atoms with Crippen molar-refractivity contribution in [2.75, 3.05) is 19.8 Å². The molecule has 0 fully saturated rings. The Morgan fingerprint density at radius 2 is 1.31 bits per heavy atom. The number of carboxylic acids is 3. The van der Waals surface area contributed by atoms with E-state index in [0.29, 0.717) is 0 Å². The minimum absolute atomic E-state index is 0.201. The van der Waals surface area contributed by atoms with E-state index >= 15 is 0 Å². The van der Waals surface area contributed by atoms with Crippen LogP contribution in [0.15, 0.2) is 0 Å². The van der Waals surface area contributed by atoms with Crippen molar-refractivity contribution in [2.45, 2.75) is 51.4 Å². The van der Waals surface area contributed by atoms with Gasteiger partial charge in [-0.3, -0.25) is 9.59 Å². The van der Waals surface area contributed by atoms with Gasteiger partial charge in [-0.1, -0.05) is 6.92 Å². The fourth-order valence-electron chi connectivity index (χ4n) is 0.602. The highest BCUT2D eigenvalue weighted by Crippen LogP contribution is 2.05. The Hall–Kier alpha value is -1.83. The maximum atomic E-state index is 9.85. The number of rotatable bonds is 7. The molecule has 26 heavy (non-hydrogen) atoms. The second kappa shape index (κ2) is 19.5. The number of hydrogen-bond donors (Lipinski definition) is 9. The summed E-state index contributed by atoms with van der Waals surface area (Å²) in [7, 11) is 0. The van der Waals surface area contributed by atoms with Crippen LogP contribution in [-0.4, -0.2) is 96.3 Å². The van der Waals surface area contributed by atoms with E-state index in [1.54, 1.807) is 6.92 Å². The number of nitrogens with two attached hydrogens (primary N) is 1. The zero-order valence-corrected chi connectivity index (χ0v) is 15.1. The quantitative estimate of drug-likeness (QED) is 0.218. The molecule has 0 bridgehead atoms. The summed E-state index contributed by atoms with van der Waals surface area (Å²) >= 11 is 0. The molecule has 0 saturated heterocycles. The van der Waals surface area contributed by atoms with Crippen molar-refractivity contribution in [1.82, 2.24) is 0 Å². The van der Waals surface area contributed by atoms with Crippen LogP contribution in [0.25, 0.3) is 0 Å². The number of aliphatic carboxylic acids is 3. The molecule has 158 valence electrons. The zero-order valence-electron chi connectivity index (χ0n) is 15.1. The lowest BCUT2D eigenvalue weighted by molar-refractivity contribution is -0.146. The van der Waals surface area contributed by atoms with Gasteiger partial charge in [-0.15, -0.1) is 0 Å². The molecule has 0 aromatic carbocycles. The summed E-state index contributed by atoms with van der Waals surface area (Å²) in [6, 6.07) is 0. The standard InChI is InChI=1S/C5H10O3.C4H8O3.C3H8O3.C2H5NO2/c1-5(2,8)3-4(6)7;1-2-3(5)4(6)7;4-1-3(6)2-5;3-1-2(4)5/h8H,3H2,1-2H3,(H,6,7);3,5H,2H2,1H3,(H,6,7);3-6H,1-2H2;1,3H2,(H,4,5). The van der Waals surface area contributed by atoms with Crippen LogP contribution >= 0.6 is 0 Å². The van der Waals surface area contributed by atoms with Gasteiger partial charge in [0, 0.05) is 0 Å². The van der Waals surface area contributed by atoms with Gasteiger partial charge in [0.2, 0.25) is 0 Å². The van der Waals surface area contributed by atoms with Crippen molar-refractivity contribution >= 4 is 17.9 Å². The van der Waals surface area contributed by atoms with Gasteiger partial charge in [0.25, 0.3) is 0 Å². The second-order valence-corrected chi connectivity index (χ2v) is 5.26. The Morgan fingerprint density at radius 1 is 0.962 bits per heavy atom. The van der Waals surface area contributed by atoms with Crippen LogP contribution in [0.4, 0.5) is 0 Å². The maximum Gasteiger partial charge on any atom is 0.332 e. The monoisotopic (exact) mass is 389 g/mol. The van der Waals surface area contributed by atoms with E-state index in [-0.39, 0.29) is 32.6 Å². The Morgan fingerprint density at radius 3 is 1.31 bits per heavy atom. The third kappa shape index (κ3) is 43.2. The number of carbonyl (C=O) groups is 3. The first-order valence-electron chi connectivity index (χ1n) is 7.35. The van der Waals surface area contributed by atoms with Crippen LogP contribution in [0.1, 0.15) is 33.6 Å². The summed E-state index contributed by atoms with van der Waals surface area (Å²) in [5, 5.41) is 64.8. The second-order valence-electron chi connectivity index (χ2n) is 5.26. The highest BCUT2D eigenvalue weighted by Gasteiger charge is 2.16. The number of aliphatic hydroxyl groups excluding tert-OH is 4. The van der Waals surface area contributed by atoms with E-state index in [1.807, 2.05) is 0 Å². The van der Waals surface area contributed by atoms with Crippen molar-refractivity contribution in [1.29, 1.82) is 0 Å². The van der Waals surface area contributed by atoms with Crippen LogP contribution < -0.4 is 5.73 Å². The average molecular weight is 389 g/mol. The summed E-state index contributed by atoms with van der Waals surface area (Å²) in [6.07, 6.45) is -2.06. The van der Waals surface area contributed by atoms with Gasteiger partial charge in [0.05, 0.1) is 31.8 Å². The molecule has 0 aliphatic heterocycles. The van der Waals surface area contributed by atoms with Crippen molar-refractivity contribution < 1.29 is 55.2 Å². The third-order valence-electron chi connectivity index (χ3n) is 1.85. The van der Waals surface area contributed by atoms with E-state index in [0.717, 1.165) is 0 Å². The molecule has 10 N–H and O–H groups in total. The molecule has 0 aromatic rings. The Bertz CT molecular complexity index is 364.